The second kappa shape index (κ2) is 10.7. The standard InChI is InChI=1S/C22H34N4O5/c1-3-30-20(29)17-9-8-14-26(15-17)19(28)11-10-18-23-21(25-31-18)22(24-16(2)27)12-6-4-5-7-13-22/h17H,3-15H2,1-2H3,(H,24,27). The maximum atomic E-state index is 12.7. The third-order valence-corrected chi connectivity index (χ3v) is 6.22. The van der Waals surface area contributed by atoms with Gasteiger partial charge < -0.3 is 19.5 Å². The molecule has 0 bridgehead atoms. The van der Waals surface area contributed by atoms with E-state index in [0.717, 1.165) is 51.4 Å². The van der Waals surface area contributed by atoms with E-state index in [4.69, 9.17) is 9.26 Å². The summed E-state index contributed by atoms with van der Waals surface area (Å²) in [4.78, 5) is 42.8. The van der Waals surface area contributed by atoms with Crippen LogP contribution in [0.25, 0.3) is 0 Å². The van der Waals surface area contributed by atoms with Gasteiger partial charge in [0.15, 0.2) is 5.82 Å². The van der Waals surface area contributed by atoms with Gasteiger partial charge in [0.05, 0.1) is 12.5 Å². The summed E-state index contributed by atoms with van der Waals surface area (Å²) in [6, 6.07) is 0. The molecule has 1 aromatic heterocycles. The van der Waals surface area contributed by atoms with Crippen LogP contribution in [0.1, 0.15) is 83.3 Å². The molecular formula is C22H34N4O5. The average molecular weight is 435 g/mol. The van der Waals surface area contributed by atoms with Crippen molar-refractivity contribution < 1.29 is 23.6 Å². The van der Waals surface area contributed by atoms with Crippen LogP contribution < -0.4 is 5.32 Å². The van der Waals surface area contributed by atoms with Crippen LogP contribution in [-0.4, -0.2) is 52.5 Å². The number of ether oxygens (including phenoxy) is 1. The smallest absolute Gasteiger partial charge is 0.310 e. The van der Waals surface area contributed by atoms with Gasteiger partial charge in [0.2, 0.25) is 17.7 Å². The summed E-state index contributed by atoms with van der Waals surface area (Å²) < 4.78 is 10.5. The lowest BCUT2D eigenvalue weighted by Gasteiger charge is -2.31. The quantitative estimate of drug-likeness (QED) is 0.518. The molecule has 0 radical (unpaired) electrons. The molecule has 31 heavy (non-hydrogen) atoms. The molecule has 2 heterocycles. The van der Waals surface area contributed by atoms with E-state index in [0.29, 0.717) is 37.8 Å². The first kappa shape index (κ1) is 23.2. The van der Waals surface area contributed by atoms with Gasteiger partial charge in [0.25, 0.3) is 0 Å². The van der Waals surface area contributed by atoms with E-state index in [1.54, 1.807) is 11.8 Å². The Balaban J connectivity index is 1.59. The first-order chi connectivity index (χ1) is 14.9. The van der Waals surface area contributed by atoms with Gasteiger partial charge in [0.1, 0.15) is 5.54 Å². The number of aromatic nitrogens is 2. The Morgan fingerprint density at radius 1 is 1.19 bits per heavy atom. The number of piperidine rings is 1. The van der Waals surface area contributed by atoms with Crippen molar-refractivity contribution in [2.45, 2.75) is 83.6 Å². The fourth-order valence-corrected chi connectivity index (χ4v) is 4.65. The predicted molar refractivity (Wildman–Crippen MR) is 112 cm³/mol. The Labute approximate surface area is 183 Å². The lowest BCUT2D eigenvalue weighted by atomic mass is 9.89. The fraction of sp³-hybridized carbons (Fsp3) is 0.773. The molecule has 1 aliphatic carbocycles. The van der Waals surface area contributed by atoms with Crippen molar-refractivity contribution >= 4 is 17.8 Å². The molecule has 1 atom stereocenters. The van der Waals surface area contributed by atoms with Crippen LogP contribution in [-0.2, 0) is 31.1 Å². The van der Waals surface area contributed by atoms with E-state index in [1.165, 1.54) is 6.92 Å². The Morgan fingerprint density at radius 3 is 2.61 bits per heavy atom. The Hall–Kier alpha value is -2.45. The summed E-state index contributed by atoms with van der Waals surface area (Å²) in [6.45, 7) is 4.69. The van der Waals surface area contributed by atoms with Crippen molar-refractivity contribution in [1.82, 2.24) is 20.4 Å². The number of carbonyl (C=O) groups excluding carboxylic acids is 3. The lowest BCUT2D eigenvalue weighted by molar-refractivity contribution is -0.151. The zero-order valence-corrected chi connectivity index (χ0v) is 18.7. The van der Waals surface area contributed by atoms with E-state index in [1.807, 2.05) is 0 Å². The van der Waals surface area contributed by atoms with Crippen LogP contribution in [0.4, 0.5) is 0 Å². The number of rotatable bonds is 7. The Bertz CT molecular complexity index is 770. The number of esters is 1. The lowest BCUT2D eigenvalue weighted by Crippen LogP contribution is -2.45. The Kier molecular flexibility index (Phi) is 8.03. The third-order valence-electron chi connectivity index (χ3n) is 6.22. The van der Waals surface area contributed by atoms with Gasteiger partial charge >= 0.3 is 5.97 Å². The van der Waals surface area contributed by atoms with Crippen LogP contribution in [0.2, 0.25) is 0 Å². The van der Waals surface area contributed by atoms with Crippen LogP contribution in [0, 0.1) is 5.92 Å². The molecular weight excluding hydrogens is 400 g/mol. The first-order valence-corrected chi connectivity index (χ1v) is 11.5. The summed E-state index contributed by atoms with van der Waals surface area (Å²) in [5, 5.41) is 7.23. The molecule has 1 saturated heterocycles. The molecule has 1 aromatic rings. The van der Waals surface area contributed by atoms with Crippen molar-refractivity contribution in [3.8, 4) is 0 Å². The van der Waals surface area contributed by atoms with Gasteiger partial charge in [-0.2, -0.15) is 4.98 Å². The normalized spacial score (nSPS) is 21.2. The van der Waals surface area contributed by atoms with Crippen molar-refractivity contribution in [1.29, 1.82) is 0 Å². The molecule has 2 amide bonds. The second-order valence-electron chi connectivity index (χ2n) is 8.62. The number of hydrogen-bond acceptors (Lipinski definition) is 7. The van der Waals surface area contributed by atoms with Crippen molar-refractivity contribution in [3.63, 3.8) is 0 Å². The predicted octanol–water partition coefficient (Wildman–Crippen LogP) is 2.49. The van der Waals surface area contributed by atoms with Crippen LogP contribution in [0.5, 0.6) is 0 Å². The zero-order chi connectivity index (χ0) is 22.3. The van der Waals surface area contributed by atoms with Gasteiger partial charge in [-0.1, -0.05) is 30.8 Å². The molecule has 9 heteroatoms. The molecule has 1 saturated carbocycles. The molecule has 0 spiro atoms. The summed E-state index contributed by atoms with van der Waals surface area (Å²) >= 11 is 0. The summed E-state index contributed by atoms with van der Waals surface area (Å²) in [6.07, 6.45) is 7.94. The van der Waals surface area contributed by atoms with E-state index in [9.17, 15) is 14.4 Å². The molecule has 1 aliphatic heterocycles. The number of likely N-dealkylation sites (tertiary alicyclic amines) is 1. The zero-order valence-electron chi connectivity index (χ0n) is 18.7. The molecule has 1 unspecified atom stereocenters. The minimum atomic E-state index is -0.589. The topological polar surface area (TPSA) is 115 Å². The number of nitrogens with one attached hydrogen (secondary N) is 1. The van der Waals surface area contributed by atoms with Crippen LogP contribution >= 0.6 is 0 Å². The van der Waals surface area contributed by atoms with Crippen molar-refractivity contribution in [2.75, 3.05) is 19.7 Å². The highest BCUT2D eigenvalue weighted by Gasteiger charge is 2.38. The molecule has 9 nitrogen and oxygen atoms in total. The van der Waals surface area contributed by atoms with Crippen molar-refractivity contribution in [3.05, 3.63) is 11.7 Å². The highest BCUT2D eigenvalue weighted by molar-refractivity contribution is 5.78. The minimum Gasteiger partial charge on any atom is -0.466 e. The minimum absolute atomic E-state index is 0.0280. The van der Waals surface area contributed by atoms with Crippen LogP contribution in [0.15, 0.2) is 4.52 Å². The van der Waals surface area contributed by atoms with Gasteiger partial charge in [-0.05, 0) is 32.6 Å². The maximum Gasteiger partial charge on any atom is 0.310 e. The van der Waals surface area contributed by atoms with E-state index >= 15 is 0 Å². The van der Waals surface area contributed by atoms with Gasteiger partial charge in [-0.15, -0.1) is 0 Å². The van der Waals surface area contributed by atoms with E-state index in [-0.39, 0.29) is 30.1 Å². The number of nitrogens with zero attached hydrogens (tertiary/aromatic N) is 3. The maximum absolute atomic E-state index is 12.7. The highest BCUT2D eigenvalue weighted by atomic mass is 16.5. The van der Waals surface area contributed by atoms with Gasteiger partial charge in [0, 0.05) is 32.9 Å². The van der Waals surface area contributed by atoms with E-state index in [2.05, 4.69) is 15.5 Å². The number of hydrogen-bond donors (Lipinski definition) is 1. The molecule has 2 fully saturated rings. The molecule has 2 aliphatic rings. The fourth-order valence-electron chi connectivity index (χ4n) is 4.65. The average Bonchev–Trinajstić information content (AvgIpc) is 3.12. The second-order valence-corrected chi connectivity index (χ2v) is 8.62. The third kappa shape index (κ3) is 6.04. The summed E-state index contributed by atoms with van der Waals surface area (Å²) in [7, 11) is 0. The van der Waals surface area contributed by atoms with Gasteiger partial charge in [-0.25, -0.2) is 0 Å². The van der Waals surface area contributed by atoms with E-state index < -0.39 is 5.54 Å². The Morgan fingerprint density at radius 2 is 1.94 bits per heavy atom. The largest absolute Gasteiger partial charge is 0.466 e. The molecule has 3 rings (SSSR count). The summed E-state index contributed by atoms with van der Waals surface area (Å²) in [5.41, 5.74) is -0.589. The molecule has 172 valence electrons. The van der Waals surface area contributed by atoms with Crippen molar-refractivity contribution in [2.24, 2.45) is 5.92 Å². The monoisotopic (exact) mass is 434 g/mol. The molecule has 1 N–H and O–H groups in total. The SMILES string of the molecule is CCOC(=O)C1CCCN(C(=O)CCc2nc(C3(NC(C)=O)CCCCCC3)no2)C1. The highest BCUT2D eigenvalue weighted by Crippen LogP contribution is 2.34. The number of carbonyl (C=O) groups is 3. The molecule has 0 aromatic carbocycles. The summed E-state index contributed by atoms with van der Waals surface area (Å²) in [5.74, 6) is 0.293. The van der Waals surface area contributed by atoms with Crippen LogP contribution in [0.3, 0.4) is 0 Å². The van der Waals surface area contributed by atoms with Gasteiger partial charge in [-0.3, -0.25) is 14.4 Å². The number of aryl methyl sites for hydroxylation is 1. The number of amides is 2. The first-order valence-electron chi connectivity index (χ1n) is 11.5.